The van der Waals surface area contributed by atoms with Crippen LogP contribution in [-0.4, -0.2) is 67.8 Å². The van der Waals surface area contributed by atoms with Gasteiger partial charge in [-0.1, -0.05) is 18.6 Å². The number of hydrogen-bond donors (Lipinski definition) is 6. The minimum absolute atomic E-state index is 0.0280. The molecule has 1 fully saturated rings. The van der Waals surface area contributed by atoms with Crippen molar-refractivity contribution < 1.29 is 48.3 Å². The molecule has 14 nitrogen and oxygen atoms in total. The summed E-state index contributed by atoms with van der Waals surface area (Å²) in [5.74, 6) is 0.207. The van der Waals surface area contributed by atoms with E-state index in [0.717, 1.165) is 0 Å². The molecule has 0 spiro atoms. The molecule has 1 saturated heterocycles. The maximum atomic E-state index is 13.1. The topological polar surface area (TPSA) is 186 Å². The summed E-state index contributed by atoms with van der Waals surface area (Å²) in [6.45, 7) is 0.962. The number of benzene rings is 2. The Labute approximate surface area is 236 Å². The van der Waals surface area contributed by atoms with E-state index in [-0.39, 0.29) is 38.1 Å². The van der Waals surface area contributed by atoms with Crippen molar-refractivity contribution in [3.8, 4) is 23.0 Å². The van der Waals surface area contributed by atoms with Crippen molar-refractivity contribution in [1.29, 1.82) is 0 Å². The highest BCUT2D eigenvalue weighted by Gasteiger charge is 2.29. The predicted molar refractivity (Wildman–Crippen MR) is 142 cm³/mol. The first-order valence-corrected chi connectivity index (χ1v) is 13.1. The number of methoxy groups -OCH3 is 1. The maximum absolute atomic E-state index is 13.1. The van der Waals surface area contributed by atoms with E-state index < -0.39 is 30.6 Å². The van der Waals surface area contributed by atoms with Crippen LogP contribution in [0.1, 0.15) is 42.9 Å². The van der Waals surface area contributed by atoms with Crippen LogP contribution in [0.25, 0.3) is 0 Å². The van der Waals surface area contributed by atoms with Gasteiger partial charge in [-0.3, -0.25) is 20.2 Å². The lowest BCUT2D eigenvalue weighted by Gasteiger charge is -2.26. The second-order valence-electron chi connectivity index (χ2n) is 9.39. The lowest BCUT2D eigenvalue weighted by Crippen LogP contribution is -2.48. The number of carbonyl (C=O) groups excluding carboxylic acids is 2. The summed E-state index contributed by atoms with van der Waals surface area (Å²) in [5, 5.41) is 31.6. The Morgan fingerprint density at radius 1 is 1.07 bits per heavy atom. The number of ether oxygens (including phenoxy) is 5. The molecular weight excluding hydrogens is 540 g/mol. The zero-order valence-corrected chi connectivity index (χ0v) is 22.5. The normalized spacial score (nSPS) is 15.3. The summed E-state index contributed by atoms with van der Waals surface area (Å²) in [4.78, 5) is 35.4. The lowest BCUT2D eigenvalue weighted by molar-refractivity contribution is -0.198. The van der Waals surface area contributed by atoms with Crippen LogP contribution in [0, 0.1) is 0 Å². The molecule has 0 aliphatic carbocycles. The first kappa shape index (κ1) is 29.7. The monoisotopic (exact) mass is 574 g/mol. The third-order valence-corrected chi connectivity index (χ3v) is 6.54. The summed E-state index contributed by atoms with van der Waals surface area (Å²) in [5.41, 5.74) is 1.40. The van der Waals surface area contributed by atoms with Gasteiger partial charge in [-0.2, -0.15) is 0 Å². The number of aromatic hydroxyl groups is 1. The Kier molecular flexibility index (Phi) is 10.4. The van der Waals surface area contributed by atoms with Crippen molar-refractivity contribution in [2.75, 3.05) is 27.1 Å². The fourth-order valence-electron chi connectivity index (χ4n) is 4.36. The van der Waals surface area contributed by atoms with Crippen LogP contribution in [0.15, 0.2) is 36.4 Å². The van der Waals surface area contributed by atoms with Crippen LogP contribution in [-0.2, 0) is 25.6 Å². The van der Waals surface area contributed by atoms with Gasteiger partial charge in [0, 0.05) is 25.8 Å². The van der Waals surface area contributed by atoms with Crippen molar-refractivity contribution in [3.05, 3.63) is 47.5 Å². The van der Waals surface area contributed by atoms with Gasteiger partial charge in [-0.25, -0.2) is 10.1 Å². The number of unbranched alkanes of at least 4 members (excludes halogenated alkanes) is 1. The number of nitrogens with one attached hydrogen (secondary N) is 4. The van der Waals surface area contributed by atoms with Gasteiger partial charge in [0.15, 0.2) is 23.0 Å². The molecule has 2 aromatic rings. The van der Waals surface area contributed by atoms with Crippen molar-refractivity contribution in [3.63, 3.8) is 0 Å². The number of aliphatic carboxylic acids is 1. The Hall–Kier alpha value is -4.27. The van der Waals surface area contributed by atoms with Crippen LogP contribution in [0.2, 0.25) is 0 Å². The van der Waals surface area contributed by atoms with Gasteiger partial charge in [0.2, 0.25) is 12.7 Å². The Morgan fingerprint density at radius 3 is 2.61 bits per heavy atom. The van der Waals surface area contributed by atoms with Crippen LogP contribution < -0.4 is 35.5 Å². The third kappa shape index (κ3) is 8.61. The summed E-state index contributed by atoms with van der Waals surface area (Å²) in [7, 11) is 1.45. The maximum Gasteiger partial charge on any atom is 0.516 e. The van der Waals surface area contributed by atoms with Crippen molar-refractivity contribution in [2.45, 2.75) is 50.7 Å². The molecule has 2 aliphatic heterocycles. The molecule has 1 amide bonds. The van der Waals surface area contributed by atoms with Crippen molar-refractivity contribution in [1.82, 2.24) is 21.3 Å². The predicted octanol–water partition coefficient (Wildman–Crippen LogP) is 1.68. The zero-order chi connectivity index (χ0) is 29.2. The average Bonchev–Trinajstić information content (AvgIpc) is 3.41. The largest absolute Gasteiger partial charge is 0.516 e. The summed E-state index contributed by atoms with van der Waals surface area (Å²) >= 11 is 0. The molecule has 0 unspecified atom stereocenters. The molecule has 14 heteroatoms. The van der Waals surface area contributed by atoms with Gasteiger partial charge in [0.25, 0.3) is 0 Å². The minimum atomic E-state index is -0.981. The Morgan fingerprint density at radius 2 is 1.88 bits per heavy atom. The van der Waals surface area contributed by atoms with Crippen LogP contribution in [0.5, 0.6) is 23.0 Å². The highest BCUT2D eigenvalue weighted by molar-refractivity contribution is 5.81. The molecule has 2 atom stereocenters. The van der Waals surface area contributed by atoms with E-state index in [1.165, 1.54) is 13.2 Å². The number of amides is 1. The van der Waals surface area contributed by atoms with Crippen LogP contribution in [0.4, 0.5) is 4.79 Å². The number of carboxylic acid groups (broad SMARTS) is 1. The number of cyclic esters (lactones) is 2. The molecule has 2 aliphatic rings. The molecule has 0 radical (unpaired) electrons. The van der Waals surface area contributed by atoms with E-state index in [1.54, 1.807) is 30.3 Å². The van der Waals surface area contributed by atoms with Gasteiger partial charge >= 0.3 is 18.5 Å². The summed E-state index contributed by atoms with van der Waals surface area (Å²) < 4.78 is 25.3. The number of phenolic OH excluding ortho intramolecular Hbond substituents is 1. The molecule has 0 saturated carbocycles. The van der Waals surface area contributed by atoms with Crippen LogP contribution >= 0.6 is 0 Å². The third-order valence-electron chi connectivity index (χ3n) is 6.54. The highest BCUT2D eigenvalue weighted by atomic mass is 16.9. The number of carboxylic acids is 1. The SMILES string of the molecule is COc1ccc(CNC(=O)[C@H](CCCCNC2OC(=O)O2)NCN[C@@H](CC(=O)O)c2ccc3c(c2)OCO3)cc1O. The molecule has 4 rings (SSSR count). The fourth-order valence-corrected chi connectivity index (χ4v) is 4.36. The van der Waals surface area contributed by atoms with Crippen molar-refractivity contribution >= 4 is 18.0 Å². The Bertz CT molecular complexity index is 1220. The zero-order valence-electron chi connectivity index (χ0n) is 22.5. The van der Waals surface area contributed by atoms with E-state index in [4.69, 9.17) is 23.7 Å². The molecule has 2 heterocycles. The molecule has 222 valence electrons. The van der Waals surface area contributed by atoms with Crippen LogP contribution in [0.3, 0.4) is 0 Å². The first-order chi connectivity index (χ1) is 19.8. The van der Waals surface area contributed by atoms with Gasteiger partial charge < -0.3 is 39.2 Å². The Balaban J connectivity index is 1.32. The number of phenols is 1. The van der Waals surface area contributed by atoms with Gasteiger partial charge in [-0.05, 0) is 48.2 Å². The molecule has 41 heavy (non-hydrogen) atoms. The molecular formula is C27H34N4O10. The standard InChI is InChI=1S/C27H34N4O10/c1-37-21-7-5-16(10-20(21)32)13-29-25(35)18(4-2-3-9-28-26-40-27(36)41-26)30-14-31-19(12-24(33)34)17-6-8-22-23(11-17)39-15-38-22/h5-8,10-11,18-19,26,28,30-32H,2-4,9,12-15H2,1H3,(H,29,35)(H,33,34)/t18-,19-/m0/s1. The molecule has 6 N–H and O–H groups in total. The second kappa shape index (κ2) is 14.4. The fraction of sp³-hybridized carbons (Fsp3) is 0.444. The van der Waals surface area contributed by atoms with E-state index in [2.05, 4.69) is 21.3 Å². The number of fused-ring (bicyclic) bond motifs is 1. The van der Waals surface area contributed by atoms with Crippen molar-refractivity contribution in [2.24, 2.45) is 0 Å². The van der Waals surface area contributed by atoms with Gasteiger partial charge in [0.1, 0.15) is 0 Å². The van der Waals surface area contributed by atoms with E-state index in [1.807, 2.05) is 0 Å². The van der Waals surface area contributed by atoms with E-state index in [0.29, 0.717) is 54.2 Å². The highest BCUT2D eigenvalue weighted by Crippen LogP contribution is 2.34. The van der Waals surface area contributed by atoms with Gasteiger partial charge in [0.05, 0.1) is 19.6 Å². The lowest BCUT2D eigenvalue weighted by atomic mass is 10.0. The summed E-state index contributed by atoms with van der Waals surface area (Å²) in [6, 6.07) is 8.98. The first-order valence-electron chi connectivity index (χ1n) is 13.1. The quantitative estimate of drug-likeness (QED) is 0.0911. The molecule has 0 bridgehead atoms. The number of hydrogen-bond acceptors (Lipinski definition) is 12. The number of carbonyl (C=O) groups is 3. The molecule has 0 aromatic heterocycles. The van der Waals surface area contributed by atoms with E-state index in [9.17, 15) is 24.6 Å². The second-order valence-corrected chi connectivity index (χ2v) is 9.39. The van der Waals surface area contributed by atoms with Gasteiger partial charge in [-0.15, -0.1) is 0 Å². The van der Waals surface area contributed by atoms with E-state index >= 15 is 0 Å². The summed E-state index contributed by atoms with van der Waals surface area (Å²) in [6.07, 6.45) is 0.167. The minimum Gasteiger partial charge on any atom is -0.504 e. The smallest absolute Gasteiger partial charge is 0.504 e. The number of rotatable bonds is 17. The molecule has 2 aromatic carbocycles. The average molecular weight is 575 g/mol.